The Hall–Kier alpha value is -2.29. The van der Waals surface area contributed by atoms with Crippen LogP contribution in [0.3, 0.4) is 0 Å². The van der Waals surface area contributed by atoms with E-state index in [0.29, 0.717) is 23.5 Å². The standard InChI is InChI=1S/C16H15O3/c1-3-12-6-4-5-7-15(12)19-14-9-8-13(11-17)16(10-14)18-2/h4-11H,1,3H2,2H3. The summed E-state index contributed by atoms with van der Waals surface area (Å²) in [6.45, 7) is 3.87. The number of carbonyl (C=O) groups is 1. The van der Waals surface area contributed by atoms with E-state index in [4.69, 9.17) is 9.47 Å². The first kappa shape index (κ1) is 13.1. The summed E-state index contributed by atoms with van der Waals surface area (Å²) in [5.74, 6) is 1.89. The molecule has 0 amide bonds. The van der Waals surface area contributed by atoms with Gasteiger partial charge >= 0.3 is 0 Å². The zero-order valence-corrected chi connectivity index (χ0v) is 10.8. The predicted molar refractivity (Wildman–Crippen MR) is 74.0 cm³/mol. The molecule has 0 saturated carbocycles. The molecule has 1 radical (unpaired) electrons. The molecule has 0 heterocycles. The molecule has 0 fully saturated rings. The first-order valence-electron chi connectivity index (χ1n) is 5.96. The number of para-hydroxylation sites is 1. The fourth-order valence-corrected chi connectivity index (χ4v) is 1.79. The first-order chi connectivity index (χ1) is 9.28. The van der Waals surface area contributed by atoms with Gasteiger partial charge in [0.25, 0.3) is 0 Å². The van der Waals surface area contributed by atoms with Crippen LogP contribution in [0.5, 0.6) is 17.2 Å². The Morgan fingerprint density at radius 2 is 1.95 bits per heavy atom. The monoisotopic (exact) mass is 255 g/mol. The molecule has 2 aromatic carbocycles. The maximum atomic E-state index is 10.8. The molecular weight excluding hydrogens is 240 g/mol. The lowest BCUT2D eigenvalue weighted by Gasteiger charge is -2.11. The lowest BCUT2D eigenvalue weighted by Crippen LogP contribution is -1.93. The van der Waals surface area contributed by atoms with Gasteiger partial charge < -0.3 is 9.47 Å². The maximum Gasteiger partial charge on any atom is 0.153 e. The van der Waals surface area contributed by atoms with E-state index in [1.165, 1.54) is 7.11 Å². The van der Waals surface area contributed by atoms with Gasteiger partial charge in [0.05, 0.1) is 12.7 Å². The molecule has 0 atom stereocenters. The van der Waals surface area contributed by atoms with Gasteiger partial charge in [0.1, 0.15) is 17.2 Å². The van der Waals surface area contributed by atoms with E-state index in [2.05, 4.69) is 6.92 Å². The third kappa shape index (κ3) is 2.94. The summed E-state index contributed by atoms with van der Waals surface area (Å²) in [6, 6.07) is 12.8. The Morgan fingerprint density at radius 3 is 2.63 bits per heavy atom. The molecule has 3 nitrogen and oxygen atoms in total. The maximum absolute atomic E-state index is 10.8. The van der Waals surface area contributed by atoms with Crippen molar-refractivity contribution in [2.45, 2.75) is 6.42 Å². The predicted octanol–water partition coefficient (Wildman–Crippen LogP) is 3.68. The van der Waals surface area contributed by atoms with Crippen LogP contribution in [0.2, 0.25) is 0 Å². The second kappa shape index (κ2) is 6.05. The molecule has 2 rings (SSSR count). The summed E-state index contributed by atoms with van der Waals surface area (Å²) < 4.78 is 11.0. The zero-order chi connectivity index (χ0) is 13.7. The molecule has 19 heavy (non-hydrogen) atoms. The number of ether oxygens (including phenoxy) is 2. The average molecular weight is 255 g/mol. The first-order valence-corrected chi connectivity index (χ1v) is 5.96. The minimum absolute atomic E-state index is 0.500. The highest BCUT2D eigenvalue weighted by molar-refractivity contribution is 5.79. The Kier molecular flexibility index (Phi) is 4.18. The molecule has 0 aromatic heterocycles. The van der Waals surface area contributed by atoms with Crippen LogP contribution in [0.25, 0.3) is 0 Å². The molecule has 0 bridgehead atoms. The van der Waals surface area contributed by atoms with Gasteiger partial charge in [0, 0.05) is 6.07 Å². The summed E-state index contributed by atoms with van der Waals surface area (Å²) in [5.41, 5.74) is 1.53. The van der Waals surface area contributed by atoms with Crippen LogP contribution in [0.4, 0.5) is 0 Å². The van der Waals surface area contributed by atoms with Crippen molar-refractivity contribution in [2.24, 2.45) is 0 Å². The summed E-state index contributed by atoms with van der Waals surface area (Å²) in [5, 5.41) is 0. The van der Waals surface area contributed by atoms with Gasteiger partial charge in [-0.05, 0) is 37.1 Å². The molecule has 0 aliphatic carbocycles. The minimum atomic E-state index is 0.500. The van der Waals surface area contributed by atoms with E-state index in [1.807, 2.05) is 24.3 Å². The number of carbonyl (C=O) groups excluding carboxylic acids is 1. The van der Waals surface area contributed by atoms with Crippen LogP contribution in [0, 0.1) is 6.92 Å². The third-order valence-electron chi connectivity index (χ3n) is 2.80. The molecule has 97 valence electrons. The highest BCUT2D eigenvalue weighted by Gasteiger charge is 2.07. The summed E-state index contributed by atoms with van der Waals surface area (Å²) >= 11 is 0. The largest absolute Gasteiger partial charge is 0.496 e. The molecule has 0 unspecified atom stereocenters. The highest BCUT2D eigenvalue weighted by atomic mass is 16.5. The summed E-state index contributed by atoms with van der Waals surface area (Å²) in [7, 11) is 1.52. The molecule has 3 heteroatoms. The van der Waals surface area contributed by atoms with Crippen molar-refractivity contribution in [1.82, 2.24) is 0 Å². The Bertz CT molecular complexity index is 576. The van der Waals surface area contributed by atoms with E-state index in [0.717, 1.165) is 17.6 Å². The molecule has 0 aliphatic heterocycles. The molecule has 0 spiro atoms. The van der Waals surface area contributed by atoms with Crippen molar-refractivity contribution >= 4 is 6.29 Å². The Labute approximate surface area is 112 Å². The fourth-order valence-electron chi connectivity index (χ4n) is 1.79. The number of hydrogen-bond acceptors (Lipinski definition) is 3. The lowest BCUT2D eigenvalue weighted by atomic mass is 10.1. The Morgan fingerprint density at radius 1 is 1.16 bits per heavy atom. The normalized spacial score (nSPS) is 10.0. The topological polar surface area (TPSA) is 35.5 Å². The molecule has 2 aromatic rings. The summed E-state index contributed by atoms with van der Waals surface area (Å²) in [6.07, 6.45) is 1.41. The van der Waals surface area contributed by atoms with E-state index >= 15 is 0 Å². The molecule has 0 aliphatic rings. The molecule has 0 saturated heterocycles. The smallest absolute Gasteiger partial charge is 0.153 e. The van der Waals surface area contributed by atoms with Gasteiger partial charge in [-0.25, -0.2) is 0 Å². The van der Waals surface area contributed by atoms with Gasteiger partial charge in [-0.1, -0.05) is 18.2 Å². The van der Waals surface area contributed by atoms with Crippen LogP contribution in [0.1, 0.15) is 15.9 Å². The van der Waals surface area contributed by atoms with Gasteiger partial charge in [-0.2, -0.15) is 0 Å². The van der Waals surface area contributed by atoms with E-state index in [-0.39, 0.29) is 0 Å². The summed E-state index contributed by atoms with van der Waals surface area (Å²) in [4.78, 5) is 10.8. The second-order valence-electron chi connectivity index (χ2n) is 3.98. The van der Waals surface area contributed by atoms with Crippen molar-refractivity contribution in [3.63, 3.8) is 0 Å². The SMILES string of the molecule is [CH2]Cc1ccccc1Oc1ccc(C=O)c(OC)c1. The van der Waals surface area contributed by atoms with Crippen LogP contribution >= 0.6 is 0 Å². The second-order valence-corrected chi connectivity index (χ2v) is 3.98. The van der Waals surface area contributed by atoms with E-state index in [1.54, 1.807) is 18.2 Å². The van der Waals surface area contributed by atoms with E-state index < -0.39 is 0 Å². The third-order valence-corrected chi connectivity index (χ3v) is 2.80. The number of rotatable bonds is 5. The number of aldehydes is 1. The van der Waals surface area contributed by atoms with Crippen molar-refractivity contribution in [1.29, 1.82) is 0 Å². The lowest BCUT2D eigenvalue weighted by molar-refractivity contribution is 0.112. The minimum Gasteiger partial charge on any atom is -0.496 e. The van der Waals surface area contributed by atoms with Crippen LogP contribution in [-0.4, -0.2) is 13.4 Å². The number of methoxy groups -OCH3 is 1. The zero-order valence-electron chi connectivity index (χ0n) is 10.8. The van der Waals surface area contributed by atoms with E-state index in [9.17, 15) is 4.79 Å². The molecule has 0 N–H and O–H groups in total. The number of hydrogen-bond donors (Lipinski definition) is 0. The highest BCUT2D eigenvalue weighted by Crippen LogP contribution is 2.29. The van der Waals surface area contributed by atoms with Crippen LogP contribution in [0.15, 0.2) is 42.5 Å². The van der Waals surface area contributed by atoms with Crippen LogP contribution < -0.4 is 9.47 Å². The van der Waals surface area contributed by atoms with Crippen LogP contribution in [-0.2, 0) is 6.42 Å². The van der Waals surface area contributed by atoms with Crippen molar-refractivity contribution in [3.05, 3.63) is 60.5 Å². The number of benzene rings is 2. The van der Waals surface area contributed by atoms with Gasteiger partial charge in [-0.3, -0.25) is 4.79 Å². The Balaban J connectivity index is 2.30. The van der Waals surface area contributed by atoms with Crippen molar-refractivity contribution in [3.8, 4) is 17.2 Å². The average Bonchev–Trinajstić information content (AvgIpc) is 2.47. The van der Waals surface area contributed by atoms with Gasteiger partial charge in [0.15, 0.2) is 6.29 Å². The molecular formula is C16H15O3. The quantitative estimate of drug-likeness (QED) is 0.764. The fraction of sp³-hybridized carbons (Fsp3) is 0.125. The van der Waals surface area contributed by atoms with Gasteiger partial charge in [-0.15, -0.1) is 0 Å². The van der Waals surface area contributed by atoms with Crippen molar-refractivity contribution < 1.29 is 14.3 Å². The van der Waals surface area contributed by atoms with Gasteiger partial charge in [0.2, 0.25) is 0 Å². The van der Waals surface area contributed by atoms with Crippen molar-refractivity contribution in [2.75, 3.05) is 7.11 Å².